The minimum Gasteiger partial charge on any atom is -0.326 e. The van der Waals surface area contributed by atoms with E-state index in [4.69, 9.17) is 5.73 Å². The van der Waals surface area contributed by atoms with Crippen molar-refractivity contribution in [3.8, 4) is 0 Å². The topological polar surface area (TPSA) is 55.1 Å². The molecule has 0 saturated carbocycles. The molecule has 0 unspecified atom stereocenters. The van der Waals surface area contributed by atoms with Gasteiger partial charge in [0.05, 0.1) is 0 Å². The highest BCUT2D eigenvalue weighted by atomic mass is 127. The van der Waals surface area contributed by atoms with Crippen LogP contribution in [0.15, 0.2) is 18.2 Å². The maximum Gasteiger partial charge on any atom is 0.226 e. The first-order valence-electron chi connectivity index (χ1n) is 5.13. The predicted octanol–water partition coefficient (Wildman–Crippen LogP) is 2.67. The number of hydrogen-bond acceptors (Lipinski definition) is 2. The Morgan fingerprint density at radius 3 is 2.62 bits per heavy atom. The fourth-order valence-corrected chi connectivity index (χ4v) is 2.02. The van der Waals surface area contributed by atoms with Crippen LogP contribution in [-0.2, 0) is 4.79 Å². The van der Waals surface area contributed by atoms with Crippen LogP contribution in [-0.4, -0.2) is 11.4 Å². The molecule has 88 valence electrons. The molecule has 0 bridgehead atoms. The van der Waals surface area contributed by atoms with Crippen LogP contribution >= 0.6 is 22.6 Å². The molecule has 0 atom stereocenters. The zero-order chi connectivity index (χ0) is 12.3. The summed E-state index contributed by atoms with van der Waals surface area (Å²) in [7, 11) is 0. The number of carbonyl (C=O) groups excluding carboxylic acids is 1. The highest BCUT2D eigenvalue weighted by Crippen LogP contribution is 2.18. The third-order valence-electron chi connectivity index (χ3n) is 2.08. The largest absolute Gasteiger partial charge is 0.326 e. The molecule has 0 spiro atoms. The van der Waals surface area contributed by atoms with E-state index in [1.54, 1.807) is 0 Å². The molecule has 0 aromatic heterocycles. The Morgan fingerprint density at radius 1 is 1.50 bits per heavy atom. The van der Waals surface area contributed by atoms with Crippen LogP contribution in [0, 0.1) is 10.5 Å². The SMILES string of the molecule is Cc1cc(I)ccc1NC(=O)CC(C)(C)N. The van der Waals surface area contributed by atoms with E-state index in [9.17, 15) is 4.79 Å². The fourth-order valence-electron chi connectivity index (χ4n) is 1.38. The van der Waals surface area contributed by atoms with E-state index in [2.05, 4.69) is 27.9 Å². The van der Waals surface area contributed by atoms with Gasteiger partial charge in [0.15, 0.2) is 0 Å². The molecule has 0 fully saturated rings. The number of nitrogens with two attached hydrogens (primary N) is 1. The Bertz CT molecular complexity index is 396. The average molecular weight is 332 g/mol. The van der Waals surface area contributed by atoms with Crippen molar-refractivity contribution in [2.75, 3.05) is 5.32 Å². The van der Waals surface area contributed by atoms with Gasteiger partial charge in [-0.25, -0.2) is 0 Å². The molecular weight excluding hydrogens is 315 g/mol. The molecule has 1 aromatic rings. The third kappa shape index (κ3) is 4.49. The van der Waals surface area contributed by atoms with Crippen molar-refractivity contribution in [2.24, 2.45) is 5.73 Å². The van der Waals surface area contributed by atoms with Gasteiger partial charge in [-0.1, -0.05) is 0 Å². The predicted molar refractivity (Wildman–Crippen MR) is 75.4 cm³/mol. The van der Waals surface area contributed by atoms with E-state index in [0.29, 0.717) is 6.42 Å². The third-order valence-corrected chi connectivity index (χ3v) is 2.75. The second-order valence-corrected chi connectivity index (χ2v) is 5.92. The number of aryl methyl sites for hydroxylation is 1. The van der Waals surface area contributed by atoms with E-state index in [-0.39, 0.29) is 5.91 Å². The summed E-state index contributed by atoms with van der Waals surface area (Å²) < 4.78 is 1.16. The Labute approximate surface area is 110 Å². The van der Waals surface area contributed by atoms with E-state index >= 15 is 0 Å². The molecule has 0 saturated heterocycles. The van der Waals surface area contributed by atoms with Gasteiger partial charge in [-0.3, -0.25) is 4.79 Å². The summed E-state index contributed by atoms with van der Waals surface area (Å²) in [6, 6.07) is 5.92. The Kier molecular flexibility index (Phi) is 4.32. The van der Waals surface area contributed by atoms with Gasteiger partial charge >= 0.3 is 0 Å². The van der Waals surface area contributed by atoms with Crippen LogP contribution in [0.3, 0.4) is 0 Å². The minimum absolute atomic E-state index is 0.0446. The van der Waals surface area contributed by atoms with Crippen LogP contribution in [0.1, 0.15) is 25.8 Å². The monoisotopic (exact) mass is 332 g/mol. The first kappa shape index (κ1) is 13.4. The van der Waals surface area contributed by atoms with Crippen molar-refractivity contribution < 1.29 is 4.79 Å². The Hall–Kier alpha value is -0.620. The molecule has 1 amide bonds. The van der Waals surface area contributed by atoms with Gasteiger partial charge in [-0.2, -0.15) is 0 Å². The first-order chi connectivity index (χ1) is 7.28. The molecule has 4 heteroatoms. The number of carbonyl (C=O) groups is 1. The van der Waals surface area contributed by atoms with Gasteiger partial charge in [-0.05, 0) is 67.1 Å². The maximum atomic E-state index is 11.7. The molecular formula is C12H17IN2O. The fraction of sp³-hybridized carbons (Fsp3) is 0.417. The van der Waals surface area contributed by atoms with Crippen molar-refractivity contribution in [2.45, 2.75) is 32.7 Å². The minimum atomic E-state index is -0.471. The smallest absolute Gasteiger partial charge is 0.226 e. The van der Waals surface area contributed by atoms with Crippen LogP contribution in [0.25, 0.3) is 0 Å². The first-order valence-corrected chi connectivity index (χ1v) is 6.21. The van der Waals surface area contributed by atoms with Crippen molar-refractivity contribution in [1.82, 2.24) is 0 Å². The maximum absolute atomic E-state index is 11.7. The van der Waals surface area contributed by atoms with Crippen LogP contribution < -0.4 is 11.1 Å². The number of halogens is 1. The number of hydrogen-bond donors (Lipinski definition) is 2. The van der Waals surface area contributed by atoms with Crippen LogP contribution in [0.2, 0.25) is 0 Å². The van der Waals surface area contributed by atoms with Gasteiger partial charge in [0.1, 0.15) is 0 Å². The molecule has 0 aliphatic carbocycles. The van der Waals surface area contributed by atoms with E-state index in [1.165, 1.54) is 0 Å². The van der Waals surface area contributed by atoms with Gasteiger partial charge in [0.2, 0.25) is 5.91 Å². The van der Waals surface area contributed by atoms with Gasteiger partial charge in [0, 0.05) is 21.2 Å². The highest BCUT2D eigenvalue weighted by Gasteiger charge is 2.16. The van der Waals surface area contributed by atoms with Crippen molar-refractivity contribution in [3.05, 3.63) is 27.3 Å². The van der Waals surface area contributed by atoms with Crippen molar-refractivity contribution >= 4 is 34.2 Å². The summed E-state index contributed by atoms with van der Waals surface area (Å²) in [4.78, 5) is 11.7. The number of rotatable bonds is 3. The van der Waals surface area contributed by atoms with Crippen molar-refractivity contribution in [1.29, 1.82) is 0 Å². The summed E-state index contributed by atoms with van der Waals surface area (Å²) in [5, 5.41) is 2.87. The summed E-state index contributed by atoms with van der Waals surface area (Å²) >= 11 is 2.25. The lowest BCUT2D eigenvalue weighted by Gasteiger charge is -2.18. The van der Waals surface area contributed by atoms with Gasteiger partial charge in [-0.15, -0.1) is 0 Å². The lowest BCUT2D eigenvalue weighted by atomic mass is 10.0. The molecule has 1 rings (SSSR count). The van der Waals surface area contributed by atoms with Gasteiger partial charge in [0.25, 0.3) is 0 Å². The highest BCUT2D eigenvalue weighted by molar-refractivity contribution is 14.1. The number of nitrogens with one attached hydrogen (secondary N) is 1. The van der Waals surface area contributed by atoms with Crippen LogP contribution in [0.5, 0.6) is 0 Å². The quantitative estimate of drug-likeness (QED) is 0.836. The molecule has 0 heterocycles. The molecule has 16 heavy (non-hydrogen) atoms. The number of anilines is 1. The molecule has 3 nitrogen and oxygen atoms in total. The standard InChI is InChI=1S/C12H17IN2O/c1-8-6-9(13)4-5-10(8)15-11(16)7-12(2,3)14/h4-6H,7,14H2,1-3H3,(H,15,16). The average Bonchev–Trinajstić information content (AvgIpc) is 2.06. The van der Waals surface area contributed by atoms with Crippen LogP contribution in [0.4, 0.5) is 5.69 Å². The second kappa shape index (κ2) is 5.14. The lowest BCUT2D eigenvalue weighted by Crippen LogP contribution is -2.36. The summed E-state index contributed by atoms with van der Waals surface area (Å²) in [6.07, 6.45) is 0.318. The summed E-state index contributed by atoms with van der Waals surface area (Å²) in [5.41, 5.74) is 7.24. The van der Waals surface area contributed by atoms with E-state index in [1.807, 2.05) is 39.0 Å². The Morgan fingerprint density at radius 2 is 2.12 bits per heavy atom. The molecule has 0 aliphatic heterocycles. The molecule has 1 aromatic carbocycles. The molecule has 0 aliphatic rings. The summed E-state index contributed by atoms with van der Waals surface area (Å²) in [6.45, 7) is 5.66. The zero-order valence-electron chi connectivity index (χ0n) is 9.80. The van der Waals surface area contributed by atoms with Gasteiger partial charge < -0.3 is 11.1 Å². The number of amides is 1. The normalized spacial score (nSPS) is 11.3. The van der Waals surface area contributed by atoms with E-state index < -0.39 is 5.54 Å². The van der Waals surface area contributed by atoms with Crippen molar-refractivity contribution in [3.63, 3.8) is 0 Å². The zero-order valence-corrected chi connectivity index (χ0v) is 12.0. The van der Waals surface area contributed by atoms with E-state index in [0.717, 1.165) is 14.8 Å². The molecule has 0 radical (unpaired) electrons. The second-order valence-electron chi connectivity index (χ2n) is 4.67. The Balaban J connectivity index is 2.70. The molecule has 3 N–H and O–H groups in total. The lowest BCUT2D eigenvalue weighted by molar-refractivity contribution is -0.117. The summed E-state index contributed by atoms with van der Waals surface area (Å²) in [5.74, 6) is -0.0446. The number of benzene rings is 1.